The fraction of sp³-hybridized carbons (Fsp3) is 0.0667. The van der Waals surface area contributed by atoms with E-state index in [-0.39, 0.29) is 11.3 Å². The van der Waals surface area contributed by atoms with Crippen LogP contribution in [0.25, 0.3) is 0 Å². The maximum atomic E-state index is 12.1. The third kappa shape index (κ3) is 4.51. The number of hydrogen-bond acceptors (Lipinski definition) is 3. The number of carbonyl (C=O) groups is 2. The van der Waals surface area contributed by atoms with Gasteiger partial charge < -0.3 is 15.4 Å². The normalized spacial score (nSPS) is 10.1. The Hall–Kier alpha value is -1.95. The number of ether oxygens (including phenoxy) is 1. The zero-order chi connectivity index (χ0) is 17.0. The summed E-state index contributed by atoms with van der Waals surface area (Å²) in [5.41, 5.74) is 0.849. The number of halogens is 3. The molecule has 23 heavy (non-hydrogen) atoms. The number of esters is 1. The lowest BCUT2D eigenvalue weighted by Gasteiger charge is -2.11. The van der Waals surface area contributed by atoms with Crippen LogP contribution in [0.15, 0.2) is 36.4 Å². The van der Waals surface area contributed by atoms with Gasteiger partial charge in [0, 0.05) is 10.7 Å². The quantitative estimate of drug-likeness (QED) is 0.737. The molecular formula is C15H11Cl3N2O3. The SMILES string of the molecule is COC(=O)c1ccc(Cl)cc1NC(=O)Nc1ccc(Cl)c(Cl)c1. The summed E-state index contributed by atoms with van der Waals surface area (Å²) >= 11 is 17.6. The van der Waals surface area contributed by atoms with Gasteiger partial charge in [-0.2, -0.15) is 0 Å². The maximum Gasteiger partial charge on any atom is 0.339 e. The zero-order valence-corrected chi connectivity index (χ0v) is 14.1. The van der Waals surface area contributed by atoms with Crippen LogP contribution in [0.4, 0.5) is 16.2 Å². The Bertz CT molecular complexity index is 766. The molecule has 0 saturated carbocycles. The van der Waals surface area contributed by atoms with Crippen molar-refractivity contribution < 1.29 is 14.3 Å². The number of nitrogens with one attached hydrogen (secondary N) is 2. The molecule has 0 saturated heterocycles. The molecule has 0 bridgehead atoms. The molecule has 2 amide bonds. The summed E-state index contributed by atoms with van der Waals surface area (Å²) in [6.45, 7) is 0. The van der Waals surface area contributed by atoms with Crippen molar-refractivity contribution in [1.29, 1.82) is 0 Å². The van der Waals surface area contributed by atoms with Crippen LogP contribution >= 0.6 is 34.8 Å². The number of benzene rings is 2. The Kier molecular flexibility index (Phi) is 5.71. The van der Waals surface area contributed by atoms with Crippen molar-refractivity contribution in [3.05, 3.63) is 57.0 Å². The standard InChI is InChI=1S/C15H11Cl3N2O3/c1-23-14(21)10-4-2-8(16)6-13(10)20-15(22)19-9-3-5-11(17)12(18)7-9/h2-7H,1H3,(H2,19,20,22). The van der Waals surface area contributed by atoms with Crippen molar-refractivity contribution in [1.82, 2.24) is 0 Å². The molecule has 0 fully saturated rings. The van der Waals surface area contributed by atoms with Gasteiger partial charge in [-0.15, -0.1) is 0 Å². The summed E-state index contributed by atoms with van der Waals surface area (Å²) in [7, 11) is 1.25. The van der Waals surface area contributed by atoms with Crippen molar-refractivity contribution >= 4 is 58.2 Å². The summed E-state index contributed by atoms with van der Waals surface area (Å²) in [6, 6.07) is 8.51. The van der Waals surface area contributed by atoms with Crippen LogP contribution in [0, 0.1) is 0 Å². The van der Waals surface area contributed by atoms with E-state index < -0.39 is 12.0 Å². The molecule has 0 atom stereocenters. The van der Waals surface area contributed by atoms with E-state index in [4.69, 9.17) is 34.8 Å². The minimum absolute atomic E-state index is 0.182. The predicted molar refractivity (Wildman–Crippen MR) is 91.9 cm³/mol. The first-order valence-electron chi connectivity index (χ1n) is 6.31. The van der Waals surface area contributed by atoms with Gasteiger partial charge in [0.2, 0.25) is 0 Å². The fourth-order valence-corrected chi connectivity index (χ4v) is 2.24. The molecule has 0 unspecified atom stereocenters. The Morgan fingerprint density at radius 3 is 2.35 bits per heavy atom. The van der Waals surface area contributed by atoms with Gasteiger partial charge in [0.05, 0.1) is 28.4 Å². The molecule has 0 aliphatic carbocycles. The van der Waals surface area contributed by atoms with Crippen LogP contribution in [0.3, 0.4) is 0 Å². The average molecular weight is 374 g/mol. The summed E-state index contributed by atoms with van der Waals surface area (Å²) in [5, 5.41) is 6.16. The lowest BCUT2D eigenvalue weighted by molar-refractivity contribution is 0.0602. The minimum Gasteiger partial charge on any atom is -0.465 e. The Morgan fingerprint density at radius 1 is 0.957 bits per heavy atom. The van der Waals surface area contributed by atoms with Crippen LogP contribution < -0.4 is 10.6 Å². The second kappa shape index (κ2) is 7.55. The van der Waals surface area contributed by atoms with Crippen LogP contribution in [0.2, 0.25) is 15.1 Å². The highest BCUT2D eigenvalue weighted by molar-refractivity contribution is 6.42. The van der Waals surface area contributed by atoms with Gasteiger partial charge in [0.25, 0.3) is 0 Å². The van der Waals surface area contributed by atoms with Crippen molar-refractivity contribution in [2.24, 2.45) is 0 Å². The fourth-order valence-electron chi connectivity index (χ4n) is 1.77. The van der Waals surface area contributed by atoms with E-state index in [9.17, 15) is 9.59 Å². The van der Waals surface area contributed by atoms with Crippen molar-refractivity contribution in [3.8, 4) is 0 Å². The molecule has 0 aliphatic heterocycles. The third-order valence-electron chi connectivity index (χ3n) is 2.81. The van der Waals surface area contributed by atoms with Gasteiger partial charge in [-0.25, -0.2) is 9.59 Å². The van der Waals surface area contributed by atoms with Gasteiger partial charge in [-0.05, 0) is 36.4 Å². The molecule has 0 radical (unpaired) electrons. The van der Waals surface area contributed by atoms with E-state index in [1.54, 1.807) is 12.1 Å². The summed E-state index contributed by atoms with van der Waals surface area (Å²) in [5.74, 6) is -0.591. The van der Waals surface area contributed by atoms with E-state index in [1.807, 2.05) is 0 Å². The summed E-state index contributed by atoms with van der Waals surface area (Å²) in [6.07, 6.45) is 0. The largest absolute Gasteiger partial charge is 0.465 e. The van der Waals surface area contributed by atoms with Gasteiger partial charge in [0.1, 0.15) is 0 Å². The Morgan fingerprint density at radius 2 is 1.70 bits per heavy atom. The average Bonchev–Trinajstić information content (AvgIpc) is 2.50. The zero-order valence-electron chi connectivity index (χ0n) is 11.8. The minimum atomic E-state index is -0.591. The monoisotopic (exact) mass is 372 g/mol. The highest BCUT2D eigenvalue weighted by atomic mass is 35.5. The molecule has 5 nitrogen and oxygen atoms in total. The number of urea groups is 1. The van der Waals surface area contributed by atoms with Crippen LogP contribution in [-0.4, -0.2) is 19.1 Å². The topological polar surface area (TPSA) is 67.4 Å². The van der Waals surface area contributed by atoms with E-state index in [2.05, 4.69) is 15.4 Å². The molecule has 2 aromatic rings. The summed E-state index contributed by atoms with van der Waals surface area (Å²) < 4.78 is 4.66. The smallest absolute Gasteiger partial charge is 0.339 e. The molecule has 120 valence electrons. The molecule has 2 rings (SSSR count). The van der Waals surface area contributed by atoms with Crippen LogP contribution in [-0.2, 0) is 4.74 Å². The van der Waals surface area contributed by atoms with Gasteiger partial charge in [0.15, 0.2) is 0 Å². The first-order valence-corrected chi connectivity index (χ1v) is 7.45. The first-order chi connectivity index (χ1) is 10.9. The highest BCUT2D eigenvalue weighted by Crippen LogP contribution is 2.26. The molecule has 0 aliphatic rings. The third-order valence-corrected chi connectivity index (χ3v) is 3.79. The van der Waals surface area contributed by atoms with E-state index in [0.717, 1.165) is 0 Å². The second-order valence-corrected chi connectivity index (χ2v) is 5.64. The number of hydrogen-bond donors (Lipinski definition) is 2. The van der Waals surface area contributed by atoms with Crippen LogP contribution in [0.1, 0.15) is 10.4 Å². The number of carbonyl (C=O) groups excluding carboxylic acids is 2. The molecule has 0 aromatic heterocycles. The predicted octanol–water partition coefficient (Wildman–Crippen LogP) is 5.08. The van der Waals surface area contributed by atoms with Gasteiger partial charge >= 0.3 is 12.0 Å². The lowest BCUT2D eigenvalue weighted by atomic mass is 10.2. The second-order valence-electron chi connectivity index (χ2n) is 4.39. The molecule has 2 N–H and O–H groups in total. The number of anilines is 2. The van der Waals surface area contributed by atoms with E-state index >= 15 is 0 Å². The molecule has 0 heterocycles. The van der Waals surface area contributed by atoms with Gasteiger partial charge in [-0.1, -0.05) is 34.8 Å². The maximum absolute atomic E-state index is 12.1. The molecule has 0 spiro atoms. The number of rotatable bonds is 3. The van der Waals surface area contributed by atoms with Crippen molar-refractivity contribution in [2.75, 3.05) is 17.7 Å². The first kappa shape index (κ1) is 17.4. The molecular weight excluding hydrogens is 363 g/mol. The van der Waals surface area contributed by atoms with E-state index in [0.29, 0.717) is 20.8 Å². The summed E-state index contributed by atoms with van der Waals surface area (Å²) in [4.78, 5) is 23.8. The highest BCUT2D eigenvalue weighted by Gasteiger charge is 2.14. The lowest BCUT2D eigenvalue weighted by Crippen LogP contribution is -2.21. The van der Waals surface area contributed by atoms with Crippen molar-refractivity contribution in [2.45, 2.75) is 0 Å². The van der Waals surface area contributed by atoms with Crippen molar-refractivity contribution in [3.63, 3.8) is 0 Å². The van der Waals surface area contributed by atoms with E-state index in [1.165, 1.54) is 31.4 Å². The van der Waals surface area contributed by atoms with Crippen LogP contribution in [0.5, 0.6) is 0 Å². The Labute approximate surface area is 147 Å². The van der Waals surface area contributed by atoms with Gasteiger partial charge in [-0.3, -0.25) is 0 Å². The molecule has 2 aromatic carbocycles. The number of amides is 2. The Balaban J connectivity index is 2.18. The number of methoxy groups -OCH3 is 1. The molecule has 8 heteroatoms.